The molecular weight excluding hydrogens is 446 g/mol. The molecule has 162 valence electrons. The van der Waals surface area contributed by atoms with E-state index in [4.69, 9.17) is 0 Å². The van der Waals surface area contributed by atoms with Gasteiger partial charge in [-0.1, -0.05) is 66.4 Å². The van der Waals surface area contributed by atoms with Crippen molar-refractivity contribution in [3.63, 3.8) is 0 Å². The number of anilines is 2. The Balaban J connectivity index is 1.63. The summed E-state index contributed by atoms with van der Waals surface area (Å²) in [5.41, 5.74) is 1.10. The molecule has 0 bridgehead atoms. The summed E-state index contributed by atoms with van der Waals surface area (Å²) in [6, 6.07) is 25.4. The molecule has 0 unspecified atom stereocenters. The average molecular weight is 466 g/mol. The lowest BCUT2D eigenvalue weighted by Gasteiger charge is -2.16. The van der Waals surface area contributed by atoms with E-state index in [1.54, 1.807) is 72.8 Å². The zero-order valence-electron chi connectivity index (χ0n) is 16.8. The molecule has 3 aromatic carbocycles. The third-order valence-electron chi connectivity index (χ3n) is 4.62. The van der Waals surface area contributed by atoms with Gasteiger partial charge in [0.25, 0.3) is 10.0 Å². The van der Waals surface area contributed by atoms with Gasteiger partial charge in [0.15, 0.2) is 5.17 Å². The van der Waals surface area contributed by atoms with Crippen molar-refractivity contribution in [3.8, 4) is 0 Å². The molecule has 1 saturated heterocycles. The van der Waals surface area contributed by atoms with Crippen LogP contribution in [0.5, 0.6) is 0 Å². The molecule has 2 amide bonds. The zero-order valence-corrected chi connectivity index (χ0v) is 18.4. The largest absolute Gasteiger partial charge is 0.326 e. The van der Waals surface area contributed by atoms with E-state index < -0.39 is 21.2 Å². The van der Waals surface area contributed by atoms with Gasteiger partial charge in [0.05, 0.1) is 10.6 Å². The lowest BCUT2D eigenvalue weighted by Crippen LogP contribution is -2.33. The van der Waals surface area contributed by atoms with Gasteiger partial charge in [-0.2, -0.15) is 8.42 Å². The first-order chi connectivity index (χ1) is 15.4. The Hall–Kier alpha value is -3.43. The number of nitrogens with zero attached hydrogens (tertiary/aromatic N) is 2. The van der Waals surface area contributed by atoms with E-state index in [0.29, 0.717) is 11.4 Å². The van der Waals surface area contributed by atoms with Gasteiger partial charge < -0.3 is 5.32 Å². The fourth-order valence-electron chi connectivity index (χ4n) is 3.12. The normalized spacial score (nSPS) is 17.5. The van der Waals surface area contributed by atoms with E-state index in [0.717, 1.165) is 11.8 Å². The number of carbonyl (C=O) groups excluding carboxylic acids is 2. The summed E-state index contributed by atoms with van der Waals surface area (Å²) in [7, 11) is -4.04. The Kier molecular flexibility index (Phi) is 6.38. The number of sulfonamides is 1. The number of hydrogen-bond acceptors (Lipinski definition) is 5. The summed E-state index contributed by atoms with van der Waals surface area (Å²) in [6.45, 7) is 0. The van der Waals surface area contributed by atoms with Crippen molar-refractivity contribution in [2.75, 3.05) is 10.2 Å². The van der Waals surface area contributed by atoms with Crippen LogP contribution in [-0.2, 0) is 19.6 Å². The van der Waals surface area contributed by atoms with Gasteiger partial charge >= 0.3 is 0 Å². The quantitative estimate of drug-likeness (QED) is 0.596. The molecule has 4 rings (SSSR count). The summed E-state index contributed by atoms with van der Waals surface area (Å²) in [5, 5.41) is 1.97. The monoisotopic (exact) mass is 465 g/mol. The third kappa shape index (κ3) is 4.90. The predicted octanol–water partition coefficient (Wildman–Crippen LogP) is 3.91. The minimum Gasteiger partial charge on any atom is -0.326 e. The SMILES string of the molecule is O=C(C[C@@H]1SC(=NS(=O)(=O)c2ccccc2)N(c2ccccc2)C1=O)Nc1ccccc1. The number of benzene rings is 3. The van der Waals surface area contributed by atoms with Gasteiger partial charge in [0, 0.05) is 12.1 Å². The highest BCUT2D eigenvalue weighted by molar-refractivity contribution is 8.16. The number of thioether (sulfide) groups is 1. The smallest absolute Gasteiger partial charge is 0.284 e. The lowest BCUT2D eigenvalue weighted by atomic mass is 10.2. The highest BCUT2D eigenvalue weighted by Gasteiger charge is 2.41. The van der Waals surface area contributed by atoms with Crippen molar-refractivity contribution in [2.45, 2.75) is 16.6 Å². The third-order valence-corrected chi connectivity index (χ3v) is 7.15. The minimum atomic E-state index is -4.04. The van der Waals surface area contributed by atoms with Crippen LogP contribution in [0.25, 0.3) is 0 Å². The predicted molar refractivity (Wildman–Crippen MR) is 126 cm³/mol. The molecule has 0 aromatic heterocycles. The molecule has 1 heterocycles. The maximum atomic E-state index is 13.2. The average Bonchev–Trinajstić information content (AvgIpc) is 3.09. The van der Waals surface area contributed by atoms with Crippen molar-refractivity contribution >= 4 is 50.1 Å². The number of nitrogens with one attached hydrogen (secondary N) is 1. The summed E-state index contributed by atoms with van der Waals surface area (Å²) < 4.78 is 29.6. The van der Waals surface area contributed by atoms with E-state index >= 15 is 0 Å². The first-order valence-corrected chi connectivity index (χ1v) is 12.1. The standard InChI is InChI=1S/C23H19N3O4S2/c27-21(24-17-10-4-1-5-11-17)16-20-22(28)26(18-12-6-2-7-13-18)23(31-20)25-32(29,30)19-14-8-3-9-15-19/h1-15,20H,16H2,(H,24,27)/t20-/m0/s1. The van der Waals surface area contributed by atoms with Gasteiger partial charge in [-0.25, -0.2) is 0 Å². The molecular formula is C23H19N3O4S2. The molecule has 0 radical (unpaired) electrons. The molecule has 1 atom stereocenters. The van der Waals surface area contributed by atoms with Crippen molar-refractivity contribution in [1.29, 1.82) is 0 Å². The van der Waals surface area contributed by atoms with Crippen molar-refractivity contribution in [3.05, 3.63) is 91.0 Å². The van der Waals surface area contributed by atoms with Gasteiger partial charge in [0.2, 0.25) is 11.8 Å². The number of amidine groups is 1. The van der Waals surface area contributed by atoms with Crippen LogP contribution in [0.1, 0.15) is 6.42 Å². The second-order valence-electron chi connectivity index (χ2n) is 6.90. The molecule has 7 nitrogen and oxygen atoms in total. The Bertz CT molecular complexity index is 1250. The molecule has 1 fully saturated rings. The van der Waals surface area contributed by atoms with E-state index in [2.05, 4.69) is 9.71 Å². The molecule has 0 spiro atoms. The van der Waals surface area contributed by atoms with Crippen LogP contribution in [0.4, 0.5) is 11.4 Å². The second kappa shape index (κ2) is 9.37. The molecule has 1 aliphatic heterocycles. The summed E-state index contributed by atoms with van der Waals surface area (Å²) >= 11 is 0.969. The fraction of sp³-hybridized carbons (Fsp3) is 0.0870. The van der Waals surface area contributed by atoms with Gasteiger partial charge in [-0.05, 0) is 36.4 Å². The second-order valence-corrected chi connectivity index (χ2v) is 9.67. The van der Waals surface area contributed by atoms with Crippen molar-refractivity contribution in [1.82, 2.24) is 0 Å². The van der Waals surface area contributed by atoms with Gasteiger partial charge in [-0.15, -0.1) is 4.40 Å². The lowest BCUT2D eigenvalue weighted by molar-refractivity contribution is -0.121. The van der Waals surface area contributed by atoms with Crippen LogP contribution < -0.4 is 10.2 Å². The van der Waals surface area contributed by atoms with E-state index in [-0.39, 0.29) is 22.4 Å². The molecule has 0 aliphatic carbocycles. The Morgan fingerprint density at radius 1 is 0.906 bits per heavy atom. The maximum Gasteiger partial charge on any atom is 0.284 e. The summed E-state index contributed by atoms with van der Waals surface area (Å²) in [6.07, 6.45) is -0.119. The highest BCUT2D eigenvalue weighted by Crippen LogP contribution is 2.35. The Labute approximate surface area is 190 Å². The van der Waals surface area contributed by atoms with Gasteiger partial charge in [-0.3, -0.25) is 14.5 Å². The topological polar surface area (TPSA) is 95.9 Å². The Morgan fingerprint density at radius 2 is 1.47 bits per heavy atom. The molecule has 1 N–H and O–H groups in total. The number of carbonyl (C=O) groups is 2. The van der Waals surface area contributed by atoms with Crippen LogP contribution in [-0.4, -0.2) is 30.6 Å². The van der Waals surface area contributed by atoms with Crippen LogP contribution in [0, 0.1) is 0 Å². The first-order valence-electron chi connectivity index (χ1n) is 9.75. The van der Waals surface area contributed by atoms with Crippen LogP contribution in [0.2, 0.25) is 0 Å². The first kappa shape index (κ1) is 21.8. The molecule has 9 heteroatoms. The van der Waals surface area contributed by atoms with Gasteiger partial charge in [0.1, 0.15) is 5.25 Å². The Morgan fingerprint density at radius 3 is 2.09 bits per heavy atom. The fourth-order valence-corrected chi connectivity index (χ4v) is 5.48. The highest BCUT2D eigenvalue weighted by atomic mass is 32.2. The molecule has 1 aliphatic rings. The van der Waals surface area contributed by atoms with E-state index in [1.165, 1.54) is 17.0 Å². The zero-order chi connectivity index (χ0) is 22.6. The van der Waals surface area contributed by atoms with Crippen LogP contribution in [0.3, 0.4) is 0 Å². The van der Waals surface area contributed by atoms with E-state index in [9.17, 15) is 18.0 Å². The number of para-hydroxylation sites is 2. The number of rotatable bonds is 6. The molecule has 32 heavy (non-hydrogen) atoms. The van der Waals surface area contributed by atoms with Crippen LogP contribution in [0.15, 0.2) is 100 Å². The van der Waals surface area contributed by atoms with E-state index in [1.807, 2.05) is 6.07 Å². The van der Waals surface area contributed by atoms with Crippen LogP contribution >= 0.6 is 11.8 Å². The summed E-state index contributed by atoms with van der Waals surface area (Å²) in [5.74, 6) is -0.742. The number of hydrogen-bond donors (Lipinski definition) is 1. The maximum absolute atomic E-state index is 13.2. The minimum absolute atomic E-state index is 0.0163. The van der Waals surface area contributed by atoms with Crippen molar-refractivity contribution in [2.24, 2.45) is 4.40 Å². The van der Waals surface area contributed by atoms with Crippen molar-refractivity contribution < 1.29 is 18.0 Å². The summed E-state index contributed by atoms with van der Waals surface area (Å²) in [4.78, 5) is 27.0. The number of amides is 2. The molecule has 0 saturated carbocycles. The molecule has 3 aromatic rings.